The first-order chi connectivity index (χ1) is 9.15. The smallest absolute Gasteiger partial charge is 0.226 e. The van der Waals surface area contributed by atoms with Crippen molar-refractivity contribution in [3.8, 4) is 10.8 Å². The van der Waals surface area contributed by atoms with Gasteiger partial charge < -0.3 is 9.73 Å². The Morgan fingerprint density at radius 3 is 3.05 bits per heavy atom. The third-order valence-corrected chi connectivity index (χ3v) is 3.57. The topological polar surface area (TPSA) is 55.1 Å². The second kappa shape index (κ2) is 6.52. The van der Waals surface area contributed by atoms with E-state index < -0.39 is 0 Å². The molecule has 2 aromatic rings. The second-order valence-corrected chi connectivity index (χ2v) is 5.69. The molecule has 1 N–H and O–H groups in total. The van der Waals surface area contributed by atoms with E-state index >= 15 is 0 Å². The van der Waals surface area contributed by atoms with Gasteiger partial charge in [-0.2, -0.15) is 0 Å². The lowest BCUT2D eigenvalue weighted by Crippen LogP contribution is -2.26. The molecule has 2 rings (SSSR count). The van der Waals surface area contributed by atoms with Gasteiger partial charge in [-0.25, -0.2) is 4.98 Å². The summed E-state index contributed by atoms with van der Waals surface area (Å²) in [4.78, 5) is 16.1. The Kier molecular flexibility index (Phi) is 4.74. The van der Waals surface area contributed by atoms with Crippen LogP contribution in [0.3, 0.4) is 0 Å². The van der Waals surface area contributed by atoms with E-state index in [-0.39, 0.29) is 5.91 Å². The summed E-state index contributed by atoms with van der Waals surface area (Å²) < 4.78 is 5.28. The van der Waals surface area contributed by atoms with E-state index in [0.29, 0.717) is 12.3 Å². The van der Waals surface area contributed by atoms with Crippen LogP contribution in [-0.4, -0.2) is 17.4 Å². The molecular formula is C14H18N2O2S. The highest BCUT2D eigenvalue weighted by Gasteiger charge is 2.10. The molecule has 0 aliphatic rings. The Bertz CT molecular complexity index is 517. The average molecular weight is 278 g/mol. The van der Waals surface area contributed by atoms with Crippen molar-refractivity contribution in [2.24, 2.45) is 5.92 Å². The predicted octanol–water partition coefficient (Wildman–Crippen LogP) is 3.11. The van der Waals surface area contributed by atoms with E-state index in [0.717, 1.165) is 29.4 Å². The number of hydrogen-bond donors (Lipinski definition) is 1. The minimum Gasteiger partial charge on any atom is -0.462 e. The Labute approximate surface area is 116 Å². The predicted molar refractivity (Wildman–Crippen MR) is 76.0 cm³/mol. The number of carbonyl (C=O) groups is 1. The maximum Gasteiger partial charge on any atom is 0.226 e. The molecule has 0 aliphatic carbocycles. The van der Waals surface area contributed by atoms with Crippen LogP contribution in [0.1, 0.15) is 26.0 Å². The van der Waals surface area contributed by atoms with Gasteiger partial charge in [-0.05, 0) is 24.5 Å². The molecule has 0 unspecified atom stereocenters. The number of aromatic nitrogens is 1. The van der Waals surface area contributed by atoms with Crippen LogP contribution >= 0.6 is 11.3 Å². The Morgan fingerprint density at radius 1 is 1.53 bits per heavy atom. The summed E-state index contributed by atoms with van der Waals surface area (Å²) in [6.07, 6.45) is 2.95. The van der Waals surface area contributed by atoms with Crippen molar-refractivity contribution in [2.45, 2.75) is 26.7 Å². The van der Waals surface area contributed by atoms with Crippen LogP contribution in [0.2, 0.25) is 0 Å². The van der Waals surface area contributed by atoms with Crippen LogP contribution in [0.25, 0.3) is 10.8 Å². The quantitative estimate of drug-likeness (QED) is 0.883. The highest BCUT2D eigenvalue weighted by atomic mass is 32.1. The molecule has 0 saturated heterocycles. The summed E-state index contributed by atoms with van der Waals surface area (Å²) in [6.45, 7) is 5.01. The number of rotatable bonds is 6. The fourth-order valence-electron chi connectivity index (χ4n) is 1.63. The molecule has 0 radical (unpaired) electrons. The number of carbonyl (C=O) groups excluding carboxylic acids is 1. The lowest BCUT2D eigenvalue weighted by molar-refractivity contribution is -0.120. The fourth-order valence-corrected chi connectivity index (χ4v) is 2.41. The summed E-state index contributed by atoms with van der Waals surface area (Å²) >= 11 is 1.49. The van der Waals surface area contributed by atoms with Gasteiger partial charge in [0.25, 0.3) is 0 Å². The summed E-state index contributed by atoms with van der Waals surface area (Å²) in [5.41, 5.74) is 0.790. The SMILES string of the molecule is CC(C)CCNC(=O)Cc1csc(-c2ccco2)n1. The standard InChI is InChI=1S/C14H18N2O2S/c1-10(2)5-6-15-13(17)8-11-9-19-14(16-11)12-4-3-7-18-12/h3-4,7,9-10H,5-6,8H2,1-2H3,(H,15,17). The van der Waals surface area contributed by atoms with E-state index in [4.69, 9.17) is 4.42 Å². The minimum absolute atomic E-state index is 0.0249. The third kappa shape index (κ3) is 4.21. The zero-order valence-corrected chi connectivity index (χ0v) is 12.0. The summed E-state index contributed by atoms with van der Waals surface area (Å²) in [5.74, 6) is 1.37. The minimum atomic E-state index is 0.0249. The molecule has 1 amide bonds. The number of furan rings is 1. The molecular weight excluding hydrogens is 260 g/mol. The molecule has 0 bridgehead atoms. The molecule has 0 aromatic carbocycles. The molecule has 2 aromatic heterocycles. The van der Waals surface area contributed by atoms with Gasteiger partial charge in [0.2, 0.25) is 5.91 Å². The molecule has 19 heavy (non-hydrogen) atoms. The normalized spacial score (nSPS) is 10.9. The molecule has 0 atom stereocenters. The van der Waals surface area contributed by atoms with E-state index in [9.17, 15) is 4.79 Å². The maximum absolute atomic E-state index is 11.7. The number of hydrogen-bond acceptors (Lipinski definition) is 4. The van der Waals surface area contributed by atoms with Gasteiger partial charge in [0.05, 0.1) is 18.4 Å². The molecule has 0 fully saturated rings. The van der Waals surface area contributed by atoms with Crippen LogP contribution in [0.4, 0.5) is 0 Å². The highest BCUT2D eigenvalue weighted by molar-refractivity contribution is 7.13. The van der Waals surface area contributed by atoms with Gasteiger partial charge in [-0.15, -0.1) is 11.3 Å². The van der Waals surface area contributed by atoms with Crippen LogP contribution in [0, 0.1) is 5.92 Å². The molecule has 2 heterocycles. The zero-order valence-electron chi connectivity index (χ0n) is 11.2. The zero-order chi connectivity index (χ0) is 13.7. The molecule has 0 saturated carbocycles. The van der Waals surface area contributed by atoms with E-state index in [1.165, 1.54) is 11.3 Å². The monoisotopic (exact) mass is 278 g/mol. The molecule has 0 spiro atoms. The summed E-state index contributed by atoms with van der Waals surface area (Å²) in [7, 11) is 0. The number of amides is 1. The number of thiazole rings is 1. The first-order valence-corrected chi connectivity index (χ1v) is 7.28. The summed E-state index contributed by atoms with van der Waals surface area (Å²) in [5, 5.41) is 5.63. The summed E-state index contributed by atoms with van der Waals surface area (Å²) in [6, 6.07) is 3.69. The van der Waals surface area contributed by atoms with Crippen molar-refractivity contribution in [3.05, 3.63) is 29.5 Å². The van der Waals surface area contributed by atoms with Crippen LogP contribution in [-0.2, 0) is 11.2 Å². The maximum atomic E-state index is 11.7. The Hall–Kier alpha value is -1.62. The third-order valence-electron chi connectivity index (χ3n) is 2.67. The first-order valence-electron chi connectivity index (χ1n) is 6.40. The highest BCUT2D eigenvalue weighted by Crippen LogP contribution is 2.23. The van der Waals surface area contributed by atoms with Crippen molar-refractivity contribution in [2.75, 3.05) is 6.54 Å². The number of nitrogens with zero attached hydrogens (tertiary/aromatic N) is 1. The number of nitrogens with one attached hydrogen (secondary N) is 1. The van der Waals surface area contributed by atoms with Gasteiger partial charge >= 0.3 is 0 Å². The van der Waals surface area contributed by atoms with Gasteiger partial charge in [0, 0.05) is 11.9 Å². The van der Waals surface area contributed by atoms with Gasteiger partial charge in [-0.1, -0.05) is 13.8 Å². The molecule has 0 aliphatic heterocycles. The van der Waals surface area contributed by atoms with Crippen molar-refractivity contribution in [1.82, 2.24) is 10.3 Å². The van der Waals surface area contributed by atoms with Crippen LogP contribution < -0.4 is 5.32 Å². The van der Waals surface area contributed by atoms with Gasteiger partial charge in [0.15, 0.2) is 10.8 Å². The van der Waals surface area contributed by atoms with E-state index in [2.05, 4.69) is 24.1 Å². The van der Waals surface area contributed by atoms with E-state index in [1.807, 2.05) is 17.5 Å². The van der Waals surface area contributed by atoms with Crippen LogP contribution in [0.15, 0.2) is 28.2 Å². The van der Waals surface area contributed by atoms with Crippen LogP contribution in [0.5, 0.6) is 0 Å². The van der Waals surface area contributed by atoms with Crippen molar-refractivity contribution < 1.29 is 9.21 Å². The average Bonchev–Trinajstić information content (AvgIpc) is 2.97. The van der Waals surface area contributed by atoms with Gasteiger partial charge in [0.1, 0.15) is 0 Å². The Balaban J connectivity index is 1.84. The lowest BCUT2D eigenvalue weighted by Gasteiger charge is -2.05. The van der Waals surface area contributed by atoms with Gasteiger partial charge in [-0.3, -0.25) is 4.79 Å². The Morgan fingerprint density at radius 2 is 2.37 bits per heavy atom. The lowest BCUT2D eigenvalue weighted by atomic mass is 10.1. The van der Waals surface area contributed by atoms with Crippen molar-refractivity contribution in [1.29, 1.82) is 0 Å². The first kappa shape index (κ1) is 13.8. The second-order valence-electron chi connectivity index (χ2n) is 4.83. The molecule has 5 heteroatoms. The molecule has 102 valence electrons. The van der Waals surface area contributed by atoms with Crippen molar-refractivity contribution in [3.63, 3.8) is 0 Å². The van der Waals surface area contributed by atoms with E-state index in [1.54, 1.807) is 6.26 Å². The van der Waals surface area contributed by atoms with Crippen molar-refractivity contribution >= 4 is 17.2 Å². The largest absolute Gasteiger partial charge is 0.462 e. The fraction of sp³-hybridized carbons (Fsp3) is 0.429. The molecule has 4 nitrogen and oxygen atoms in total.